The molecule has 10 heteroatoms. The van der Waals surface area contributed by atoms with Crippen LogP contribution >= 0.6 is 11.6 Å². The van der Waals surface area contributed by atoms with Gasteiger partial charge in [0.25, 0.3) is 11.5 Å². The van der Waals surface area contributed by atoms with Gasteiger partial charge in [-0.15, -0.1) is 0 Å². The predicted molar refractivity (Wildman–Crippen MR) is 134 cm³/mol. The van der Waals surface area contributed by atoms with Crippen molar-refractivity contribution in [3.05, 3.63) is 67.1 Å². The van der Waals surface area contributed by atoms with E-state index in [9.17, 15) is 14.4 Å². The molecule has 1 aliphatic rings. The molecule has 0 atom stereocenters. The largest absolute Gasteiger partial charge is 0.368 e. The number of pyridine rings is 1. The zero-order valence-corrected chi connectivity index (χ0v) is 20.4. The third kappa shape index (κ3) is 4.71. The summed E-state index contributed by atoms with van der Waals surface area (Å²) >= 11 is 6.44. The van der Waals surface area contributed by atoms with Gasteiger partial charge >= 0.3 is 5.69 Å². The molecule has 2 aromatic heterocycles. The number of halogens is 1. The lowest BCUT2D eigenvalue weighted by Gasteiger charge is -2.36. The van der Waals surface area contributed by atoms with Crippen LogP contribution in [-0.2, 0) is 13.1 Å². The molecular formula is C24H29ClN6O3. The molecule has 0 radical (unpaired) electrons. The Bertz CT molecular complexity index is 1340. The lowest BCUT2D eigenvalue weighted by atomic mass is 10.1. The second kappa shape index (κ2) is 9.99. The number of nitrogens with zero attached hydrogens (tertiary/aromatic N) is 4. The molecule has 3 heterocycles. The van der Waals surface area contributed by atoms with Gasteiger partial charge in [-0.3, -0.25) is 19.1 Å². The van der Waals surface area contributed by atoms with E-state index in [-0.39, 0.29) is 18.0 Å². The van der Waals surface area contributed by atoms with Gasteiger partial charge in [-0.2, -0.15) is 0 Å². The zero-order valence-electron chi connectivity index (χ0n) is 19.7. The molecule has 4 rings (SSSR count). The molecule has 9 nitrogen and oxygen atoms in total. The molecule has 0 aliphatic carbocycles. The third-order valence-electron chi connectivity index (χ3n) is 6.16. The van der Waals surface area contributed by atoms with Gasteiger partial charge in [0, 0.05) is 45.8 Å². The first kappa shape index (κ1) is 24.0. The monoisotopic (exact) mass is 484 g/mol. The number of carbonyl (C=O) groups is 1. The van der Waals surface area contributed by atoms with E-state index < -0.39 is 5.69 Å². The molecule has 0 spiro atoms. The maximum Gasteiger partial charge on any atom is 0.328 e. The highest BCUT2D eigenvalue weighted by atomic mass is 35.5. The predicted octanol–water partition coefficient (Wildman–Crippen LogP) is 2.14. The van der Waals surface area contributed by atoms with Crippen LogP contribution in [0.4, 0.5) is 5.69 Å². The Morgan fingerprint density at radius 2 is 1.88 bits per heavy atom. The van der Waals surface area contributed by atoms with Crippen LogP contribution in [0.15, 0.2) is 33.9 Å². The molecule has 2 N–H and O–H groups in total. The lowest BCUT2D eigenvalue weighted by molar-refractivity contribution is 0.0950. The van der Waals surface area contributed by atoms with E-state index in [1.165, 1.54) is 0 Å². The summed E-state index contributed by atoms with van der Waals surface area (Å²) in [5.41, 5.74) is 2.91. The number of amides is 1. The van der Waals surface area contributed by atoms with Crippen molar-refractivity contribution in [2.45, 2.75) is 33.9 Å². The maximum atomic E-state index is 12.6. The molecule has 3 aromatic rings. The van der Waals surface area contributed by atoms with E-state index in [4.69, 9.17) is 11.6 Å². The number of hydrogen-bond donors (Lipinski definition) is 2. The summed E-state index contributed by atoms with van der Waals surface area (Å²) in [6.07, 6.45) is 0. The summed E-state index contributed by atoms with van der Waals surface area (Å²) in [5, 5.41) is 3.47. The van der Waals surface area contributed by atoms with Crippen LogP contribution in [0.25, 0.3) is 10.9 Å². The van der Waals surface area contributed by atoms with E-state index >= 15 is 0 Å². The first-order chi connectivity index (χ1) is 16.3. The topological polar surface area (TPSA) is 103 Å². The van der Waals surface area contributed by atoms with Gasteiger partial charge < -0.3 is 15.2 Å². The zero-order chi connectivity index (χ0) is 24.4. The second-order valence-electron chi connectivity index (χ2n) is 8.40. The lowest BCUT2D eigenvalue weighted by Crippen LogP contribution is -2.46. The number of fused-ring (bicyclic) bond motifs is 1. The second-order valence-corrected chi connectivity index (χ2v) is 8.81. The minimum absolute atomic E-state index is 0.161. The number of rotatable bonds is 6. The molecule has 1 amide bonds. The number of aromatic nitrogens is 3. The van der Waals surface area contributed by atoms with Crippen molar-refractivity contribution in [3.63, 3.8) is 0 Å². The molecule has 1 aromatic carbocycles. The molecule has 0 bridgehead atoms. The number of piperazine rings is 1. The van der Waals surface area contributed by atoms with Crippen LogP contribution in [0.1, 0.15) is 35.6 Å². The van der Waals surface area contributed by atoms with Crippen molar-refractivity contribution in [1.82, 2.24) is 24.8 Å². The highest BCUT2D eigenvalue weighted by Crippen LogP contribution is 2.24. The van der Waals surface area contributed by atoms with Crippen LogP contribution in [0, 0.1) is 6.92 Å². The summed E-state index contributed by atoms with van der Waals surface area (Å²) in [6.45, 7) is 10.4. The van der Waals surface area contributed by atoms with Crippen LogP contribution < -0.4 is 21.5 Å². The number of H-pyrrole nitrogens is 1. The fourth-order valence-corrected chi connectivity index (χ4v) is 4.76. The van der Waals surface area contributed by atoms with E-state index in [0.717, 1.165) is 47.7 Å². The Balaban J connectivity index is 1.46. The summed E-state index contributed by atoms with van der Waals surface area (Å²) in [5.74, 6) is -0.161. The Morgan fingerprint density at radius 3 is 2.53 bits per heavy atom. The average molecular weight is 485 g/mol. The van der Waals surface area contributed by atoms with Gasteiger partial charge in [0.2, 0.25) is 0 Å². The van der Waals surface area contributed by atoms with Gasteiger partial charge in [-0.25, -0.2) is 9.78 Å². The number of anilines is 1. The van der Waals surface area contributed by atoms with E-state index in [0.29, 0.717) is 34.7 Å². The van der Waals surface area contributed by atoms with Crippen molar-refractivity contribution >= 4 is 34.1 Å². The number of carbonyl (C=O) groups excluding carboxylic acids is 1. The van der Waals surface area contributed by atoms with Gasteiger partial charge in [0.15, 0.2) is 0 Å². The first-order valence-corrected chi connectivity index (χ1v) is 11.9. The quantitative estimate of drug-likeness (QED) is 0.555. The van der Waals surface area contributed by atoms with Gasteiger partial charge in [-0.1, -0.05) is 11.6 Å². The first-order valence-electron chi connectivity index (χ1n) is 11.5. The van der Waals surface area contributed by atoms with Crippen molar-refractivity contribution in [1.29, 1.82) is 0 Å². The number of nitrogens with one attached hydrogen (secondary N) is 2. The summed E-state index contributed by atoms with van der Waals surface area (Å²) in [4.78, 5) is 48.7. The van der Waals surface area contributed by atoms with Gasteiger partial charge in [0.05, 0.1) is 27.3 Å². The molecular weight excluding hydrogens is 456 g/mol. The Labute approximate surface area is 202 Å². The Morgan fingerprint density at radius 1 is 1.15 bits per heavy atom. The molecule has 1 fully saturated rings. The summed E-state index contributed by atoms with van der Waals surface area (Å²) in [6, 6.07) is 7.38. The summed E-state index contributed by atoms with van der Waals surface area (Å²) in [7, 11) is 0. The Kier molecular flexibility index (Phi) is 7.04. The summed E-state index contributed by atoms with van der Waals surface area (Å²) < 4.78 is 1.15. The fourth-order valence-electron chi connectivity index (χ4n) is 4.44. The average Bonchev–Trinajstić information content (AvgIpc) is 2.79. The maximum absolute atomic E-state index is 12.6. The fraction of sp³-hybridized carbons (Fsp3) is 0.417. The number of aryl methyl sites for hydroxylation is 1. The molecule has 1 aliphatic heterocycles. The molecule has 0 unspecified atom stereocenters. The van der Waals surface area contributed by atoms with Crippen molar-refractivity contribution in [2.24, 2.45) is 0 Å². The molecule has 34 heavy (non-hydrogen) atoms. The molecule has 1 saturated heterocycles. The number of hydrogen-bond acceptors (Lipinski definition) is 6. The smallest absolute Gasteiger partial charge is 0.328 e. The van der Waals surface area contributed by atoms with Gasteiger partial charge in [0.1, 0.15) is 5.69 Å². The standard InChI is InChI=1S/C24H29ClN6O3/c1-4-26-22(32)18-6-7-20(15(3)27-18)30-10-8-29(9-11-30)14-16-12-17(25)21-19(13-16)28-24(34)31(5-2)23(21)33/h6-7,12-13H,4-5,8-11,14H2,1-3H3,(H,26,32)(H,28,34). The molecule has 180 valence electrons. The number of aromatic amines is 1. The minimum atomic E-state index is -0.427. The minimum Gasteiger partial charge on any atom is -0.368 e. The van der Waals surface area contributed by atoms with Crippen LogP contribution in [0.3, 0.4) is 0 Å². The van der Waals surface area contributed by atoms with Crippen LogP contribution in [-0.4, -0.2) is 58.1 Å². The normalized spacial score (nSPS) is 14.5. The van der Waals surface area contributed by atoms with E-state index in [1.807, 2.05) is 32.0 Å². The van der Waals surface area contributed by atoms with Gasteiger partial charge in [-0.05, 0) is 50.6 Å². The SMILES string of the molecule is CCNC(=O)c1ccc(N2CCN(Cc3cc(Cl)c4c(=O)n(CC)c(=O)[nH]c4c3)CC2)c(C)n1. The Hall–Kier alpha value is -3.17. The van der Waals surface area contributed by atoms with Crippen LogP contribution in [0.2, 0.25) is 5.02 Å². The van der Waals surface area contributed by atoms with Crippen molar-refractivity contribution in [3.8, 4) is 0 Å². The van der Waals surface area contributed by atoms with Crippen molar-refractivity contribution in [2.75, 3.05) is 37.6 Å². The molecule has 0 saturated carbocycles. The number of benzene rings is 1. The van der Waals surface area contributed by atoms with E-state index in [1.54, 1.807) is 13.0 Å². The van der Waals surface area contributed by atoms with Crippen molar-refractivity contribution < 1.29 is 4.79 Å². The van der Waals surface area contributed by atoms with Crippen LogP contribution in [0.5, 0.6) is 0 Å². The highest BCUT2D eigenvalue weighted by Gasteiger charge is 2.21. The van der Waals surface area contributed by atoms with E-state index in [2.05, 4.69) is 25.1 Å². The highest BCUT2D eigenvalue weighted by molar-refractivity contribution is 6.35. The third-order valence-corrected chi connectivity index (χ3v) is 6.46.